The first-order chi connectivity index (χ1) is 7.31. The molecule has 0 bridgehead atoms. The quantitative estimate of drug-likeness (QED) is 0.820. The van der Waals surface area contributed by atoms with Crippen LogP contribution >= 0.6 is 22.9 Å². The van der Waals surface area contributed by atoms with E-state index in [0.717, 1.165) is 18.3 Å². The fourth-order valence-electron chi connectivity index (χ4n) is 2.00. The van der Waals surface area contributed by atoms with Gasteiger partial charge in [0.2, 0.25) is 0 Å². The molecule has 84 valence electrons. The van der Waals surface area contributed by atoms with Crippen molar-refractivity contribution >= 4 is 28.1 Å². The molecule has 2 rings (SSSR count). The molecule has 0 aliphatic carbocycles. The van der Waals surface area contributed by atoms with Crippen LogP contribution in [-0.4, -0.2) is 31.3 Å². The molecule has 0 radical (unpaired) electrons. The first kappa shape index (κ1) is 11.2. The summed E-state index contributed by atoms with van der Waals surface area (Å²) in [6, 6.07) is 0.464. The maximum absolute atomic E-state index is 5.85. The van der Waals surface area contributed by atoms with Gasteiger partial charge in [-0.3, -0.25) is 0 Å². The number of methoxy groups -OCH3 is 1. The van der Waals surface area contributed by atoms with Gasteiger partial charge in [0.25, 0.3) is 0 Å². The summed E-state index contributed by atoms with van der Waals surface area (Å²) in [5, 5.41) is 3.51. The van der Waals surface area contributed by atoms with Gasteiger partial charge < -0.3 is 9.64 Å². The molecule has 0 saturated carbocycles. The van der Waals surface area contributed by atoms with Crippen LogP contribution in [-0.2, 0) is 4.74 Å². The van der Waals surface area contributed by atoms with Gasteiger partial charge in [-0.05, 0) is 19.3 Å². The Morgan fingerprint density at radius 3 is 3.20 bits per heavy atom. The van der Waals surface area contributed by atoms with Crippen LogP contribution in [0.25, 0.3) is 0 Å². The number of ether oxygens (including phenoxy) is 1. The van der Waals surface area contributed by atoms with E-state index in [-0.39, 0.29) is 0 Å². The molecular weight excluding hydrogens is 232 g/mol. The van der Waals surface area contributed by atoms with Crippen LogP contribution in [0.1, 0.15) is 19.3 Å². The molecule has 1 fully saturated rings. The van der Waals surface area contributed by atoms with Crippen LogP contribution in [0.4, 0.5) is 5.13 Å². The van der Waals surface area contributed by atoms with E-state index in [2.05, 4.69) is 9.88 Å². The average Bonchev–Trinajstić information content (AvgIpc) is 2.66. The van der Waals surface area contributed by atoms with Crippen molar-refractivity contribution in [1.82, 2.24) is 4.98 Å². The second-order valence-electron chi connectivity index (χ2n) is 3.75. The Balaban J connectivity index is 2.10. The van der Waals surface area contributed by atoms with E-state index in [4.69, 9.17) is 16.3 Å². The highest BCUT2D eigenvalue weighted by atomic mass is 35.5. The van der Waals surface area contributed by atoms with Crippen LogP contribution < -0.4 is 4.90 Å². The van der Waals surface area contributed by atoms with Gasteiger partial charge in [0.15, 0.2) is 5.13 Å². The summed E-state index contributed by atoms with van der Waals surface area (Å²) in [4.78, 5) is 6.64. The predicted molar refractivity (Wildman–Crippen MR) is 64.0 cm³/mol. The molecule has 1 aliphatic heterocycles. The van der Waals surface area contributed by atoms with Crippen molar-refractivity contribution < 1.29 is 4.74 Å². The van der Waals surface area contributed by atoms with Crippen molar-refractivity contribution in [1.29, 1.82) is 0 Å². The Morgan fingerprint density at radius 1 is 1.67 bits per heavy atom. The van der Waals surface area contributed by atoms with Crippen LogP contribution in [0.3, 0.4) is 0 Å². The summed E-state index contributed by atoms with van der Waals surface area (Å²) in [7, 11) is 1.75. The zero-order valence-corrected chi connectivity index (χ0v) is 10.4. The molecule has 1 aromatic rings. The number of anilines is 1. The van der Waals surface area contributed by atoms with Gasteiger partial charge in [-0.25, -0.2) is 4.98 Å². The third-order valence-electron chi connectivity index (χ3n) is 2.70. The molecule has 1 saturated heterocycles. The SMILES string of the molecule is COCC1CCCCN1c1nc(Cl)cs1. The molecule has 3 nitrogen and oxygen atoms in total. The summed E-state index contributed by atoms with van der Waals surface area (Å²) in [5.74, 6) is 0. The van der Waals surface area contributed by atoms with E-state index in [1.165, 1.54) is 19.3 Å². The van der Waals surface area contributed by atoms with Gasteiger partial charge in [0, 0.05) is 19.0 Å². The van der Waals surface area contributed by atoms with Gasteiger partial charge in [0.1, 0.15) is 5.15 Å². The molecule has 5 heteroatoms. The summed E-state index contributed by atoms with van der Waals surface area (Å²) in [5.41, 5.74) is 0. The molecule has 0 aromatic carbocycles. The lowest BCUT2D eigenvalue weighted by Crippen LogP contribution is -2.42. The average molecular weight is 247 g/mol. The molecule has 15 heavy (non-hydrogen) atoms. The fraction of sp³-hybridized carbons (Fsp3) is 0.700. The third-order valence-corrected chi connectivity index (χ3v) is 3.90. The van der Waals surface area contributed by atoms with Crippen molar-refractivity contribution in [2.75, 3.05) is 25.2 Å². The molecule has 1 unspecified atom stereocenters. The van der Waals surface area contributed by atoms with E-state index in [9.17, 15) is 0 Å². The van der Waals surface area contributed by atoms with Crippen LogP contribution in [0.15, 0.2) is 5.38 Å². The number of hydrogen-bond donors (Lipinski definition) is 0. The third kappa shape index (κ3) is 2.62. The Labute approximate surface area is 99.0 Å². The zero-order valence-electron chi connectivity index (χ0n) is 8.78. The Morgan fingerprint density at radius 2 is 2.53 bits per heavy atom. The fourth-order valence-corrected chi connectivity index (χ4v) is 3.04. The standard InChI is InChI=1S/C10H15ClN2OS/c1-14-6-8-4-2-3-5-13(8)10-12-9(11)7-15-10/h7-8H,2-6H2,1H3. The monoisotopic (exact) mass is 246 g/mol. The maximum Gasteiger partial charge on any atom is 0.187 e. The number of hydrogen-bond acceptors (Lipinski definition) is 4. The smallest absolute Gasteiger partial charge is 0.187 e. The normalized spacial score (nSPS) is 22.0. The minimum Gasteiger partial charge on any atom is -0.383 e. The molecular formula is C10H15ClN2OS. The van der Waals surface area contributed by atoms with E-state index < -0.39 is 0 Å². The number of rotatable bonds is 3. The summed E-state index contributed by atoms with van der Waals surface area (Å²) in [6.45, 7) is 1.84. The lowest BCUT2D eigenvalue weighted by molar-refractivity contribution is 0.166. The zero-order chi connectivity index (χ0) is 10.7. The van der Waals surface area contributed by atoms with Gasteiger partial charge in [0.05, 0.1) is 12.6 Å². The van der Waals surface area contributed by atoms with E-state index in [1.54, 1.807) is 18.4 Å². The van der Waals surface area contributed by atoms with Crippen molar-refractivity contribution in [3.63, 3.8) is 0 Å². The highest BCUT2D eigenvalue weighted by Gasteiger charge is 2.24. The van der Waals surface area contributed by atoms with Crippen molar-refractivity contribution in [2.45, 2.75) is 25.3 Å². The van der Waals surface area contributed by atoms with E-state index in [1.807, 2.05) is 5.38 Å². The lowest BCUT2D eigenvalue weighted by Gasteiger charge is -2.35. The van der Waals surface area contributed by atoms with Gasteiger partial charge in [-0.2, -0.15) is 0 Å². The maximum atomic E-state index is 5.85. The van der Waals surface area contributed by atoms with Gasteiger partial charge in [-0.1, -0.05) is 11.6 Å². The van der Waals surface area contributed by atoms with Gasteiger partial charge in [-0.15, -0.1) is 11.3 Å². The molecule has 1 aromatic heterocycles. The Hall–Kier alpha value is -0.320. The minimum absolute atomic E-state index is 0.464. The minimum atomic E-state index is 0.464. The molecule has 1 aliphatic rings. The molecule has 0 amide bonds. The second-order valence-corrected chi connectivity index (χ2v) is 4.97. The van der Waals surface area contributed by atoms with Gasteiger partial charge >= 0.3 is 0 Å². The van der Waals surface area contributed by atoms with E-state index in [0.29, 0.717) is 11.2 Å². The summed E-state index contributed by atoms with van der Waals surface area (Å²) >= 11 is 7.46. The Kier molecular flexibility index (Phi) is 3.83. The number of piperidine rings is 1. The molecule has 2 heterocycles. The molecule has 0 spiro atoms. The number of aromatic nitrogens is 1. The van der Waals surface area contributed by atoms with Crippen molar-refractivity contribution in [3.8, 4) is 0 Å². The van der Waals surface area contributed by atoms with Crippen LogP contribution in [0, 0.1) is 0 Å². The summed E-state index contributed by atoms with van der Waals surface area (Å²) in [6.07, 6.45) is 3.70. The largest absolute Gasteiger partial charge is 0.383 e. The van der Waals surface area contributed by atoms with Crippen molar-refractivity contribution in [3.05, 3.63) is 10.5 Å². The second kappa shape index (κ2) is 5.14. The predicted octanol–water partition coefficient (Wildman–Crippen LogP) is 2.80. The lowest BCUT2D eigenvalue weighted by atomic mass is 10.0. The molecule has 0 N–H and O–H groups in total. The highest BCUT2D eigenvalue weighted by molar-refractivity contribution is 7.14. The number of halogens is 1. The summed E-state index contributed by atoms with van der Waals surface area (Å²) < 4.78 is 5.24. The number of thiazole rings is 1. The highest BCUT2D eigenvalue weighted by Crippen LogP contribution is 2.29. The Bertz CT molecular complexity index is 316. The van der Waals surface area contributed by atoms with E-state index >= 15 is 0 Å². The topological polar surface area (TPSA) is 25.4 Å². The number of nitrogens with zero attached hydrogens (tertiary/aromatic N) is 2. The molecule has 1 atom stereocenters. The van der Waals surface area contributed by atoms with Crippen LogP contribution in [0.2, 0.25) is 5.15 Å². The first-order valence-corrected chi connectivity index (χ1v) is 6.43. The van der Waals surface area contributed by atoms with Crippen LogP contribution in [0.5, 0.6) is 0 Å². The van der Waals surface area contributed by atoms with Crippen molar-refractivity contribution in [2.24, 2.45) is 0 Å². The first-order valence-electron chi connectivity index (χ1n) is 5.18.